The monoisotopic (exact) mass is 407 g/mol. The van der Waals surface area contributed by atoms with Crippen LogP contribution in [-0.4, -0.2) is 53.1 Å². The van der Waals surface area contributed by atoms with Crippen molar-refractivity contribution in [3.8, 4) is 17.2 Å². The van der Waals surface area contributed by atoms with E-state index in [1.54, 1.807) is 7.11 Å². The van der Waals surface area contributed by atoms with E-state index in [0.717, 1.165) is 78.3 Å². The largest absolute Gasteiger partial charge is 0.496 e. The number of piperazine rings is 1. The maximum Gasteiger partial charge on any atom is 0.226 e. The van der Waals surface area contributed by atoms with E-state index < -0.39 is 0 Å². The molecule has 0 amide bonds. The molecule has 0 spiro atoms. The van der Waals surface area contributed by atoms with Crippen LogP contribution in [0.1, 0.15) is 28.4 Å². The molecule has 30 heavy (non-hydrogen) atoms. The van der Waals surface area contributed by atoms with Crippen molar-refractivity contribution in [2.24, 2.45) is 0 Å². The van der Waals surface area contributed by atoms with Crippen molar-refractivity contribution >= 4 is 5.82 Å². The average Bonchev–Trinajstić information content (AvgIpc) is 3.10. The van der Waals surface area contributed by atoms with Crippen LogP contribution in [0.2, 0.25) is 0 Å². The topological polar surface area (TPSA) is 67.5 Å². The third-order valence-corrected chi connectivity index (χ3v) is 5.63. The minimum Gasteiger partial charge on any atom is -0.496 e. The Morgan fingerprint density at radius 3 is 2.50 bits per heavy atom. The van der Waals surface area contributed by atoms with Crippen molar-refractivity contribution in [1.29, 1.82) is 0 Å². The molecule has 0 atom stereocenters. The minimum absolute atomic E-state index is 0.664. The summed E-state index contributed by atoms with van der Waals surface area (Å²) in [5, 5.41) is 0. The lowest BCUT2D eigenvalue weighted by Gasteiger charge is -2.35. The number of nitrogens with zero attached hydrogens (tertiary/aromatic N) is 5. The van der Waals surface area contributed by atoms with Gasteiger partial charge in [0.05, 0.1) is 24.2 Å². The van der Waals surface area contributed by atoms with E-state index in [1.807, 2.05) is 46.0 Å². The number of anilines is 1. The molecule has 0 aliphatic carbocycles. The highest BCUT2D eigenvalue weighted by Crippen LogP contribution is 2.27. The molecule has 158 valence electrons. The molecule has 1 aromatic carbocycles. The predicted octanol–water partition coefficient (Wildman–Crippen LogP) is 3.70. The van der Waals surface area contributed by atoms with E-state index in [9.17, 15) is 0 Å². The van der Waals surface area contributed by atoms with Crippen LogP contribution in [0.5, 0.6) is 5.75 Å². The van der Waals surface area contributed by atoms with Gasteiger partial charge in [-0.2, -0.15) is 0 Å². The first-order valence-electron chi connectivity index (χ1n) is 10.3. The first-order chi connectivity index (χ1) is 14.4. The predicted molar refractivity (Wildman–Crippen MR) is 117 cm³/mol. The summed E-state index contributed by atoms with van der Waals surface area (Å²) in [6, 6.07) is 6.00. The second-order valence-electron chi connectivity index (χ2n) is 7.89. The fourth-order valence-electron chi connectivity index (χ4n) is 3.86. The zero-order chi connectivity index (χ0) is 21.3. The van der Waals surface area contributed by atoms with Crippen LogP contribution in [0.3, 0.4) is 0 Å². The molecule has 0 radical (unpaired) electrons. The highest BCUT2D eigenvalue weighted by molar-refractivity contribution is 5.57. The molecule has 1 saturated heterocycles. The lowest BCUT2D eigenvalue weighted by molar-refractivity contribution is 0.245. The molecule has 0 N–H and O–H groups in total. The van der Waals surface area contributed by atoms with E-state index in [-0.39, 0.29) is 0 Å². The van der Waals surface area contributed by atoms with Crippen LogP contribution < -0.4 is 9.64 Å². The zero-order valence-electron chi connectivity index (χ0n) is 18.4. The number of aryl methyl sites for hydroxylation is 4. The molecular formula is C23H29N5O2. The number of aromatic nitrogens is 3. The molecular weight excluding hydrogens is 378 g/mol. The SMILES string of the molecule is COc1ccc(-c2nc(CN3CCN(c4nc(C)cnc4C)CC3)c(C)o2)cc1C. The van der Waals surface area contributed by atoms with Crippen molar-refractivity contribution in [3.05, 3.63) is 52.8 Å². The van der Waals surface area contributed by atoms with Gasteiger partial charge in [-0.25, -0.2) is 9.97 Å². The van der Waals surface area contributed by atoms with E-state index >= 15 is 0 Å². The zero-order valence-corrected chi connectivity index (χ0v) is 18.4. The number of ether oxygens (including phenoxy) is 1. The Labute approximate surface area is 177 Å². The second-order valence-corrected chi connectivity index (χ2v) is 7.89. The maximum absolute atomic E-state index is 5.98. The Hall–Kier alpha value is -2.93. The second kappa shape index (κ2) is 8.44. The molecule has 1 aliphatic rings. The molecule has 1 aliphatic heterocycles. The smallest absolute Gasteiger partial charge is 0.226 e. The van der Waals surface area contributed by atoms with Crippen molar-refractivity contribution in [2.75, 3.05) is 38.2 Å². The molecule has 1 fully saturated rings. The fraction of sp³-hybridized carbons (Fsp3) is 0.435. The minimum atomic E-state index is 0.664. The molecule has 0 saturated carbocycles. The standard InChI is InChI=1S/C23H29N5O2/c1-15-12-19(6-7-21(15)29-5)23-26-20(18(4)30-23)14-27-8-10-28(11-9-27)22-17(3)24-13-16(2)25-22/h6-7,12-13H,8-11,14H2,1-5H3. The summed E-state index contributed by atoms with van der Waals surface area (Å²) in [4.78, 5) is 18.7. The van der Waals surface area contributed by atoms with Crippen LogP contribution in [0.15, 0.2) is 28.8 Å². The highest BCUT2D eigenvalue weighted by atomic mass is 16.5. The van der Waals surface area contributed by atoms with Crippen molar-refractivity contribution in [1.82, 2.24) is 19.9 Å². The normalized spacial score (nSPS) is 14.9. The number of benzene rings is 1. The molecule has 7 heteroatoms. The van der Waals surface area contributed by atoms with E-state index in [0.29, 0.717) is 5.89 Å². The summed E-state index contributed by atoms with van der Waals surface area (Å²) in [6.07, 6.45) is 1.82. The summed E-state index contributed by atoms with van der Waals surface area (Å²) < 4.78 is 11.3. The third-order valence-electron chi connectivity index (χ3n) is 5.63. The van der Waals surface area contributed by atoms with Gasteiger partial charge in [0.25, 0.3) is 0 Å². The van der Waals surface area contributed by atoms with Crippen molar-refractivity contribution in [3.63, 3.8) is 0 Å². The number of methoxy groups -OCH3 is 1. The molecule has 0 bridgehead atoms. The van der Waals surface area contributed by atoms with Crippen molar-refractivity contribution < 1.29 is 9.15 Å². The van der Waals surface area contributed by atoms with Crippen LogP contribution >= 0.6 is 0 Å². The maximum atomic E-state index is 5.98. The van der Waals surface area contributed by atoms with Crippen LogP contribution in [-0.2, 0) is 6.54 Å². The lowest BCUT2D eigenvalue weighted by atomic mass is 10.1. The van der Waals surface area contributed by atoms with Gasteiger partial charge in [-0.15, -0.1) is 0 Å². The van der Waals surface area contributed by atoms with Gasteiger partial charge >= 0.3 is 0 Å². The first kappa shape index (κ1) is 20.3. The van der Waals surface area contributed by atoms with Gasteiger partial charge in [0.1, 0.15) is 17.3 Å². The van der Waals surface area contributed by atoms with Gasteiger partial charge < -0.3 is 14.1 Å². The van der Waals surface area contributed by atoms with Gasteiger partial charge in [-0.1, -0.05) is 0 Å². The van der Waals surface area contributed by atoms with Gasteiger partial charge in [0, 0.05) is 44.5 Å². The van der Waals surface area contributed by atoms with Gasteiger partial charge in [0.2, 0.25) is 5.89 Å². The Kier molecular flexibility index (Phi) is 5.72. The fourth-order valence-corrected chi connectivity index (χ4v) is 3.86. The molecule has 0 unspecified atom stereocenters. The summed E-state index contributed by atoms with van der Waals surface area (Å²) in [6.45, 7) is 12.6. The first-order valence-corrected chi connectivity index (χ1v) is 10.3. The highest BCUT2D eigenvalue weighted by Gasteiger charge is 2.22. The molecule has 4 rings (SSSR count). The van der Waals surface area contributed by atoms with Crippen LogP contribution in [0.4, 0.5) is 5.82 Å². The molecule has 3 heterocycles. The molecule has 2 aromatic heterocycles. The van der Waals surface area contributed by atoms with Gasteiger partial charge in [0.15, 0.2) is 0 Å². The number of oxazole rings is 1. The summed E-state index contributed by atoms with van der Waals surface area (Å²) >= 11 is 0. The van der Waals surface area contributed by atoms with E-state index in [4.69, 9.17) is 14.1 Å². The summed E-state index contributed by atoms with van der Waals surface area (Å²) in [7, 11) is 1.68. The van der Waals surface area contributed by atoms with Gasteiger partial charge in [-0.3, -0.25) is 9.88 Å². The lowest BCUT2D eigenvalue weighted by Crippen LogP contribution is -2.46. The Balaban J connectivity index is 1.42. The van der Waals surface area contributed by atoms with Crippen molar-refractivity contribution in [2.45, 2.75) is 34.2 Å². The Morgan fingerprint density at radius 2 is 1.80 bits per heavy atom. The molecule has 7 nitrogen and oxygen atoms in total. The quantitative estimate of drug-likeness (QED) is 0.639. The summed E-state index contributed by atoms with van der Waals surface area (Å²) in [5.41, 5.74) is 4.98. The van der Waals surface area contributed by atoms with E-state index in [1.165, 1.54) is 0 Å². The van der Waals surface area contributed by atoms with E-state index in [2.05, 4.69) is 25.8 Å². The van der Waals surface area contributed by atoms with Crippen LogP contribution in [0, 0.1) is 27.7 Å². The number of rotatable bonds is 5. The average molecular weight is 408 g/mol. The summed E-state index contributed by atoms with van der Waals surface area (Å²) in [5.74, 6) is 3.41. The van der Waals surface area contributed by atoms with Gasteiger partial charge in [-0.05, 0) is 51.5 Å². The Morgan fingerprint density at radius 1 is 1.03 bits per heavy atom. The number of hydrogen-bond acceptors (Lipinski definition) is 7. The number of hydrogen-bond donors (Lipinski definition) is 0. The molecule has 3 aromatic rings. The third kappa shape index (κ3) is 4.16. The Bertz CT molecular complexity index is 1040. The van der Waals surface area contributed by atoms with Crippen LogP contribution in [0.25, 0.3) is 11.5 Å².